The number of nitrogen functional groups attached to an aromatic ring is 1. The number of carbonyl (C=O) groups excluding carboxylic acids is 1. The van der Waals surface area contributed by atoms with Crippen LogP contribution in [0.15, 0.2) is 54.7 Å². The molecule has 1 aliphatic rings. The first-order chi connectivity index (χ1) is 15.5. The molecule has 0 aliphatic heterocycles. The van der Waals surface area contributed by atoms with Gasteiger partial charge in [0.15, 0.2) is 0 Å². The van der Waals surface area contributed by atoms with Crippen LogP contribution in [0.2, 0.25) is 5.02 Å². The number of ether oxygens (including phenoxy) is 1. The summed E-state index contributed by atoms with van der Waals surface area (Å²) in [5.41, 5.74) is 11.7. The number of nitrogens with one attached hydrogen (secondary N) is 1. The highest BCUT2D eigenvalue weighted by atomic mass is 35.5. The maximum absolute atomic E-state index is 11.9. The van der Waals surface area contributed by atoms with E-state index in [1.807, 2.05) is 30.5 Å². The normalized spacial score (nSPS) is 14.4. The van der Waals surface area contributed by atoms with E-state index in [1.54, 1.807) is 24.3 Å². The number of halogens is 1. The number of imidazole rings is 1. The van der Waals surface area contributed by atoms with Crippen molar-refractivity contribution in [1.29, 1.82) is 0 Å². The van der Waals surface area contributed by atoms with E-state index in [2.05, 4.69) is 4.98 Å². The molecule has 1 aliphatic carbocycles. The van der Waals surface area contributed by atoms with Crippen LogP contribution in [-0.4, -0.2) is 28.0 Å². The molecule has 6 nitrogen and oxygen atoms in total. The van der Waals surface area contributed by atoms with Crippen LogP contribution in [0, 0.1) is 5.92 Å². The summed E-state index contributed by atoms with van der Waals surface area (Å²) in [4.78, 5) is 24.9. The van der Waals surface area contributed by atoms with Crippen LogP contribution in [-0.2, 0) is 4.74 Å². The third-order valence-corrected chi connectivity index (χ3v) is 6.22. The van der Waals surface area contributed by atoms with Gasteiger partial charge in [0.25, 0.3) is 0 Å². The molecule has 0 radical (unpaired) electrons. The van der Waals surface area contributed by atoms with Crippen molar-refractivity contribution in [3.63, 3.8) is 0 Å². The minimum Gasteiger partial charge on any atom is -0.465 e. The molecule has 5 rings (SSSR count). The Kier molecular flexibility index (Phi) is 5.31. The van der Waals surface area contributed by atoms with Crippen molar-refractivity contribution in [2.45, 2.75) is 25.2 Å². The van der Waals surface area contributed by atoms with E-state index in [0.29, 0.717) is 22.2 Å². The lowest BCUT2D eigenvalue weighted by molar-refractivity contribution is 0.0601. The van der Waals surface area contributed by atoms with Crippen LogP contribution in [0.5, 0.6) is 0 Å². The Morgan fingerprint density at radius 1 is 1.22 bits per heavy atom. The highest BCUT2D eigenvalue weighted by Crippen LogP contribution is 2.41. The fourth-order valence-corrected chi connectivity index (χ4v) is 4.22. The van der Waals surface area contributed by atoms with Gasteiger partial charge in [0.1, 0.15) is 5.82 Å². The maximum atomic E-state index is 11.9. The quantitative estimate of drug-likeness (QED) is 0.298. The van der Waals surface area contributed by atoms with Gasteiger partial charge >= 0.3 is 5.97 Å². The number of nitrogens with two attached hydrogens (primary N) is 1. The number of nitrogens with zero attached hydrogens (tertiary/aromatic N) is 2. The number of methoxy groups -OCH3 is 1. The number of H-pyrrole nitrogens is 1. The van der Waals surface area contributed by atoms with Gasteiger partial charge in [-0.2, -0.15) is 0 Å². The zero-order valence-electron chi connectivity index (χ0n) is 17.6. The summed E-state index contributed by atoms with van der Waals surface area (Å²) in [6.45, 7) is 0. The van der Waals surface area contributed by atoms with Gasteiger partial charge in [-0.15, -0.1) is 0 Å². The van der Waals surface area contributed by atoms with E-state index >= 15 is 0 Å². The Labute approximate surface area is 190 Å². The minimum atomic E-state index is -0.366. The molecule has 7 heteroatoms. The largest absolute Gasteiger partial charge is 0.465 e. The Hall–Kier alpha value is -3.38. The highest BCUT2D eigenvalue weighted by molar-refractivity contribution is 6.31. The van der Waals surface area contributed by atoms with Crippen molar-refractivity contribution >= 4 is 34.3 Å². The predicted molar refractivity (Wildman–Crippen MR) is 126 cm³/mol. The number of carbonyl (C=O) groups is 1. The first kappa shape index (κ1) is 20.5. The number of benzene rings is 2. The number of hydrogen-bond donors (Lipinski definition) is 2. The van der Waals surface area contributed by atoms with Crippen molar-refractivity contribution in [3.8, 4) is 11.1 Å². The summed E-state index contributed by atoms with van der Waals surface area (Å²) in [5.74, 6) is 1.22. The van der Waals surface area contributed by atoms with E-state index in [-0.39, 0.29) is 11.9 Å². The van der Waals surface area contributed by atoms with E-state index < -0.39 is 0 Å². The van der Waals surface area contributed by atoms with Crippen LogP contribution in [0.3, 0.4) is 0 Å². The van der Waals surface area contributed by atoms with Crippen molar-refractivity contribution in [2.24, 2.45) is 5.92 Å². The Morgan fingerprint density at radius 2 is 2.06 bits per heavy atom. The van der Waals surface area contributed by atoms with Crippen molar-refractivity contribution in [1.82, 2.24) is 15.0 Å². The average molecular weight is 447 g/mol. The average Bonchev–Trinajstić information content (AvgIpc) is 3.54. The molecule has 32 heavy (non-hydrogen) atoms. The topological polar surface area (TPSA) is 93.9 Å². The lowest BCUT2D eigenvalue weighted by atomic mass is 9.96. The smallest absolute Gasteiger partial charge is 0.337 e. The molecule has 1 saturated carbocycles. The first-order valence-electron chi connectivity index (χ1n) is 10.6. The molecule has 2 aromatic carbocycles. The van der Waals surface area contributed by atoms with Crippen LogP contribution in [0.25, 0.3) is 22.2 Å². The zero-order valence-corrected chi connectivity index (χ0v) is 18.4. The van der Waals surface area contributed by atoms with Crippen LogP contribution in [0.1, 0.15) is 47.1 Å². The number of hydrogen-bond acceptors (Lipinski definition) is 5. The number of anilines is 1. The van der Waals surface area contributed by atoms with Gasteiger partial charge in [0.05, 0.1) is 35.3 Å². The number of esters is 1. The highest BCUT2D eigenvalue weighted by Gasteiger charge is 2.30. The summed E-state index contributed by atoms with van der Waals surface area (Å²) < 4.78 is 4.83. The van der Waals surface area contributed by atoms with Gasteiger partial charge < -0.3 is 15.5 Å². The molecule has 0 bridgehead atoms. The maximum Gasteiger partial charge on any atom is 0.337 e. The third-order valence-electron chi connectivity index (χ3n) is 5.99. The molecule has 0 saturated heterocycles. The summed E-state index contributed by atoms with van der Waals surface area (Å²) in [5, 5.41) is 0.637. The molecule has 2 aromatic heterocycles. The molecule has 162 valence electrons. The fraction of sp³-hybridized carbons (Fsp3) is 0.240. The number of rotatable bonds is 6. The number of aromatic nitrogens is 3. The molecule has 3 N–H and O–H groups in total. The lowest BCUT2D eigenvalue weighted by Gasteiger charge is -2.15. The monoisotopic (exact) mass is 446 g/mol. The van der Waals surface area contributed by atoms with Gasteiger partial charge in [0.2, 0.25) is 0 Å². The summed E-state index contributed by atoms with van der Waals surface area (Å²) >= 11 is 6.15. The van der Waals surface area contributed by atoms with E-state index in [1.165, 1.54) is 20.0 Å². The first-order valence-corrected chi connectivity index (χ1v) is 11.0. The van der Waals surface area contributed by atoms with E-state index in [4.69, 9.17) is 32.0 Å². The Bertz CT molecular complexity index is 1300. The van der Waals surface area contributed by atoms with Crippen LogP contribution < -0.4 is 5.73 Å². The summed E-state index contributed by atoms with van der Waals surface area (Å²) in [6, 6.07) is 14.9. The molecule has 0 amide bonds. The predicted octanol–water partition coefficient (Wildman–Crippen LogP) is 5.58. The van der Waals surface area contributed by atoms with Crippen molar-refractivity contribution in [3.05, 3.63) is 76.8 Å². The van der Waals surface area contributed by atoms with Gasteiger partial charge in [-0.3, -0.25) is 4.98 Å². The molecule has 1 atom stereocenters. The van der Waals surface area contributed by atoms with Gasteiger partial charge in [0, 0.05) is 28.0 Å². The zero-order chi connectivity index (χ0) is 22.2. The number of pyridine rings is 1. The van der Waals surface area contributed by atoms with Crippen LogP contribution in [0.4, 0.5) is 5.69 Å². The molecule has 4 aromatic rings. The standard InChI is InChI=1S/C25H23ClN4O2/c1-32-25(31)15-4-9-22-23(11-15)30-24(29-22)19(10-14-2-3-14)21-8-5-16(13-28-21)18-12-17(26)6-7-20(18)27/h4-9,11-14,19H,2-3,10,27H2,1H3,(H,29,30). The molecular weight excluding hydrogens is 424 g/mol. The third kappa shape index (κ3) is 4.06. The second kappa shape index (κ2) is 8.28. The van der Waals surface area contributed by atoms with Crippen molar-refractivity contribution < 1.29 is 9.53 Å². The summed E-state index contributed by atoms with van der Waals surface area (Å²) in [7, 11) is 1.38. The Morgan fingerprint density at radius 3 is 2.78 bits per heavy atom. The minimum absolute atomic E-state index is 0.0437. The molecule has 2 heterocycles. The molecule has 0 spiro atoms. The molecule has 1 unspecified atom stereocenters. The van der Waals surface area contributed by atoms with Gasteiger partial charge in [-0.05, 0) is 54.8 Å². The molecular formula is C25H23ClN4O2. The number of aromatic amines is 1. The second-order valence-corrected chi connectivity index (χ2v) is 8.72. The van der Waals surface area contributed by atoms with Crippen LogP contribution >= 0.6 is 11.6 Å². The number of fused-ring (bicyclic) bond motifs is 1. The SMILES string of the molecule is COC(=O)c1ccc2nc(C(CC3CC3)c3ccc(-c4cc(Cl)ccc4N)cn3)[nH]c2c1. The van der Waals surface area contributed by atoms with Gasteiger partial charge in [-0.1, -0.05) is 30.5 Å². The Balaban J connectivity index is 1.50. The lowest BCUT2D eigenvalue weighted by Crippen LogP contribution is -2.07. The van der Waals surface area contributed by atoms with Crippen molar-refractivity contribution in [2.75, 3.05) is 12.8 Å². The molecule has 1 fully saturated rings. The van der Waals surface area contributed by atoms with Gasteiger partial charge in [-0.25, -0.2) is 9.78 Å². The fourth-order valence-electron chi connectivity index (χ4n) is 4.05. The summed E-state index contributed by atoms with van der Waals surface area (Å²) in [6.07, 6.45) is 5.30. The second-order valence-electron chi connectivity index (χ2n) is 8.28. The van der Waals surface area contributed by atoms with E-state index in [9.17, 15) is 4.79 Å². The van der Waals surface area contributed by atoms with E-state index in [0.717, 1.165) is 40.1 Å².